The third kappa shape index (κ3) is 3.56. The standard InChI is InChI=1S/C20H24N2O4S2/c1-15(23)21-11-12-26-19-14-16(8-9-17(19)21)28(24,25)22-10-4-2-3-6-18(22)20-7-5-13-27-20/h5,7-9,13-14,18H,2-4,6,10-12H2,1H3/t18-/m1/s1. The second kappa shape index (κ2) is 7.85. The van der Waals surface area contributed by atoms with Crippen molar-refractivity contribution in [3.63, 3.8) is 0 Å². The molecular weight excluding hydrogens is 396 g/mol. The number of rotatable bonds is 3. The summed E-state index contributed by atoms with van der Waals surface area (Å²) in [7, 11) is -3.68. The first-order chi connectivity index (χ1) is 13.5. The molecule has 2 aliphatic heterocycles. The predicted octanol–water partition coefficient (Wildman–Crippen LogP) is 3.80. The first kappa shape index (κ1) is 19.4. The van der Waals surface area contributed by atoms with Crippen LogP contribution in [0.2, 0.25) is 0 Å². The molecule has 2 aliphatic rings. The SMILES string of the molecule is CC(=O)N1CCOc2cc(S(=O)(=O)N3CCCCC[C@@H]3c3cccs3)ccc21. The molecule has 1 aromatic carbocycles. The highest BCUT2D eigenvalue weighted by atomic mass is 32.2. The fourth-order valence-electron chi connectivity index (χ4n) is 3.96. The summed E-state index contributed by atoms with van der Waals surface area (Å²) in [6.07, 6.45) is 3.75. The van der Waals surface area contributed by atoms with E-state index in [1.165, 1.54) is 6.92 Å². The molecule has 0 unspecified atom stereocenters. The highest BCUT2D eigenvalue weighted by Crippen LogP contribution is 2.39. The van der Waals surface area contributed by atoms with Crippen molar-refractivity contribution in [2.24, 2.45) is 0 Å². The number of nitrogens with zero attached hydrogens (tertiary/aromatic N) is 2. The normalized spacial score (nSPS) is 20.9. The van der Waals surface area contributed by atoms with Crippen LogP contribution in [0.3, 0.4) is 0 Å². The van der Waals surface area contributed by atoms with Crippen molar-refractivity contribution in [1.29, 1.82) is 0 Å². The zero-order valence-corrected chi connectivity index (χ0v) is 17.5. The fourth-order valence-corrected chi connectivity index (χ4v) is 6.59. The van der Waals surface area contributed by atoms with Crippen LogP contribution in [0.15, 0.2) is 40.6 Å². The Balaban J connectivity index is 1.72. The van der Waals surface area contributed by atoms with Gasteiger partial charge in [0.05, 0.1) is 23.2 Å². The Hall–Kier alpha value is -1.90. The van der Waals surface area contributed by atoms with Gasteiger partial charge in [0, 0.05) is 24.4 Å². The van der Waals surface area contributed by atoms with Gasteiger partial charge >= 0.3 is 0 Å². The minimum Gasteiger partial charge on any atom is -0.489 e. The molecule has 6 nitrogen and oxygen atoms in total. The Morgan fingerprint density at radius 1 is 1.18 bits per heavy atom. The van der Waals surface area contributed by atoms with Gasteiger partial charge < -0.3 is 9.64 Å². The summed E-state index contributed by atoms with van der Waals surface area (Å²) in [6.45, 7) is 2.85. The van der Waals surface area contributed by atoms with E-state index < -0.39 is 10.0 Å². The third-order valence-corrected chi connectivity index (χ3v) is 8.23. The van der Waals surface area contributed by atoms with Crippen LogP contribution in [0.5, 0.6) is 5.75 Å². The molecule has 0 saturated carbocycles. The molecule has 2 aromatic rings. The highest BCUT2D eigenvalue weighted by Gasteiger charge is 2.35. The molecule has 0 N–H and O–H groups in total. The third-order valence-electron chi connectivity index (χ3n) is 5.36. The molecule has 3 heterocycles. The van der Waals surface area contributed by atoms with E-state index in [1.54, 1.807) is 38.7 Å². The van der Waals surface area contributed by atoms with Crippen molar-refractivity contribution in [2.75, 3.05) is 24.6 Å². The number of benzene rings is 1. The molecule has 28 heavy (non-hydrogen) atoms. The maximum atomic E-state index is 13.5. The van der Waals surface area contributed by atoms with Gasteiger partial charge in [-0.05, 0) is 36.4 Å². The topological polar surface area (TPSA) is 66.9 Å². The van der Waals surface area contributed by atoms with E-state index >= 15 is 0 Å². The monoisotopic (exact) mass is 420 g/mol. The molecule has 0 radical (unpaired) electrons. The average molecular weight is 421 g/mol. The Morgan fingerprint density at radius 2 is 2.04 bits per heavy atom. The van der Waals surface area contributed by atoms with Crippen LogP contribution >= 0.6 is 11.3 Å². The van der Waals surface area contributed by atoms with E-state index in [4.69, 9.17) is 4.74 Å². The van der Waals surface area contributed by atoms with Gasteiger partial charge in [-0.15, -0.1) is 11.3 Å². The van der Waals surface area contributed by atoms with Crippen LogP contribution in [-0.2, 0) is 14.8 Å². The minimum absolute atomic E-state index is 0.0783. The second-order valence-corrected chi connectivity index (χ2v) is 10.0. The predicted molar refractivity (Wildman–Crippen MR) is 109 cm³/mol. The zero-order valence-electron chi connectivity index (χ0n) is 15.8. The number of amides is 1. The Bertz CT molecular complexity index is 957. The highest BCUT2D eigenvalue weighted by molar-refractivity contribution is 7.89. The van der Waals surface area contributed by atoms with Crippen molar-refractivity contribution in [3.8, 4) is 5.75 Å². The van der Waals surface area contributed by atoms with E-state index in [9.17, 15) is 13.2 Å². The molecule has 1 atom stereocenters. The van der Waals surface area contributed by atoms with E-state index in [-0.39, 0.29) is 16.8 Å². The lowest BCUT2D eigenvalue weighted by Crippen LogP contribution is -2.37. The molecule has 8 heteroatoms. The Morgan fingerprint density at radius 3 is 2.79 bits per heavy atom. The average Bonchev–Trinajstić information content (AvgIpc) is 3.10. The maximum absolute atomic E-state index is 13.5. The van der Waals surface area contributed by atoms with Crippen LogP contribution in [0.1, 0.15) is 43.5 Å². The number of sulfonamides is 1. The van der Waals surface area contributed by atoms with E-state index in [2.05, 4.69) is 0 Å². The summed E-state index contributed by atoms with van der Waals surface area (Å²) in [6, 6.07) is 8.70. The number of thiophene rings is 1. The zero-order chi connectivity index (χ0) is 19.7. The van der Waals surface area contributed by atoms with Gasteiger partial charge in [-0.3, -0.25) is 4.79 Å². The van der Waals surface area contributed by atoms with Gasteiger partial charge in [0.15, 0.2) is 0 Å². The molecule has 1 amide bonds. The van der Waals surface area contributed by atoms with Crippen LogP contribution in [0, 0.1) is 0 Å². The van der Waals surface area contributed by atoms with Gasteiger partial charge in [0.1, 0.15) is 12.4 Å². The first-order valence-electron chi connectivity index (χ1n) is 9.58. The van der Waals surface area contributed by atoms with Crippen LogP contribution in [0.25, 0.3) is 0 Å². The quantitative estimate of drug-likeness (QED) is 0.758. The smallest absolute Gasteiger partial charge is 0.243 e. The maximum Gasteiger partial charge on any atom is 0.243 e. The van der Waals surface area contributed by atoms with Gasteiger partial charge in [-0.1, -0.05) is 18.9 Å². The lowest BCUT2D eigenvalue weighted by atomic mass is 10.1. The van der Waals surface area contributed by atoms with Crippen LogP contribution in [-0.4, -0.2) is 38.3 Å². The van der Waals surface area contributed by atoms with Crippen molar-refractivity contribution in [2.45, 2.75) is 43.5 Å². The Kier molecular flexibility index (Phi) is 5.44. The van der Waals surface area contributed by atoms with Crippen molar-refractivity contribution in [1.82, 2.24) is 4.31 Å². The number of hydrogen-bond acceptors (Lipinski definition) is 5. The van der Waals surface area contributed by atoms with Crippen LogP contribution in [0.4, 0.5) is 5.69 Å². The van der Waals surface area contributed by atoms with E-state index in [0.717, 1.165) is 30.6 Å². The lowest BCUT2D eigenvalue weighted by Gasteiger charge is -2.31. The number of carbonyl (C=O) groups is 1. The number of hydrogen-bond donors (Lipinski definition) is 0. The molecule has 0 bridgehead atoms. The van der Waals surface area contributed by atoms with Gasteiger partial charge in [0.25, 0.3) is 0 Å². The minimum atomic E-state index is -3.68. The van der Waals surface area contributed by atoms with E-state index in [0.29, 0.717) is 31.1 Å². The molecule has 0 aliphatic carbocycles. The van der Waals surface area contributed by atoms with Gasteiger partial charge in [-0.2, -0.15) is 4.31 Å². The number of carbonyl (C=O) groups excluding carboxylic acids is 1. The molecule has 4 rings (SSSR count). The Labute approximate surface area is 169 Å². The number of anilines is 1. The van der Waals surface area contributed by atoms with Gasteiger partial charge in [-0.25, -0.2) is 8.42 Å². The molecule has 1 aromatic heterocycles. The molecular formula is C20H24N2O4S2. The van der Waals surface area contributed by atoms with Crippen molar-refractivity contribution < 1.29 is 17.9 Å². The summed E-state index contributed by atoms with van der Waals surface area (Å²) in [4.78, 5) is 14.8. The summed E-state index contributed by atoms with van der Waals surface area (Å²) in [5, 5.41) is 1.99. The number of ether oxygens (including phenoxy) is 1. The molecule has 1 fully saturated rings. The molecule has 0 spiro atoms. The first-order valence-corrected chi connectivity index (χ1v) is 11.9. The molecule has 150 valence electrons. The largest absolute Gasteiger partial charge is 0.489 e. The summed E-state index contributed by atoms with van der Waals surface area (Å²) >= 11 is 1.61. The second-order valence-electron chi connectivity index (χ2n) is 7.14. The summed E-state index contributed by atoms with van der Waals surface area (Å²) in [5.74, 6) is 0.371. The lowest BCUT2D eigenvalue weighted by molar-refractivity contribution is -0.116. The van der Waals surface area contributed by atoms with Crippen molar-refractivity contribution in [3.05, 3.63) is 40.6 Å². The number of fused-ring (bicyclic) bond motifs is 1. The van der Waals surface area contributed by atoms with E-state index in [1.807, 2.05) is 17.5 Å². The molecule has 1 saturated heterocycles. The summed E-state index contributed by atoms with van der Waals surface area (Å²) < 4.78 is 34.4. The fraction of sp³-hybridized carbons (Fsp3) is 0.450. The van der Waals surface area contributed by atoms with Gasteiger partial charge in [0.2, 0.25) is 15.9 Å². The van der Waals surface area contributed by atoms with Crippen molar-refractivity contribution >= 4 is 33.0 Å². The van der Waals surface area contributed by atoms with Crippen LogP contribution < -0.4 is 9.64 Å². The summed E-state index contributed by atoms with van der Waals surface area (Å²) in [5.41, 5.74) is 0.628.